The molecule has 7 nitrogen and oxygen atoms in total. The number of piperidine rings is 1. The number of hydrogen-bond donors (Lipinski definition) is 0. The lowest BCUT2D eigenvalue weighted by atomic mass is 9.96. The summed E-state index contributed by atoms with van der Waals surface area (Å²) in [6.07, 6.45) is 0.919. The molecule has 3 aromatic rings. The normalized spacial score (nSPS) is 15.6. The number of nitrogens with zero attached hydrogens (tertiary/aromatic N) is 4. The van der Waals surface area contributed by atoms with E-state index in [9.17, 15) is 17.6 Å². The number of thiazole rings is 1. The summed E-state index contributed by atoms with van der Waals surface area (Å²) >= 11 is 2.50. The van der Waals surface area contributed by atoms with Gasteiger partial charge in [0.15, 0.2) is 5.13 Å². The Morgan fingerprint density at radius 1 is 1.21 bits per heavy atom. The van der Waals surface area contributed by atoms with E-state index in [1.807, 2.05) is 19.0 Å². The van der Waals surface area contributed by atoms with Gasteiger partial charge in [-0.15, -0.1) is 23.7 Å². The smallest absolute Gasteiger partial charge is 0.252 e. The van der Waals surface area contributed by atoms with Gasteiger partial charge in [0.2, 0.25) is 5.91 Å². The van der Waals surface area contributed by atoms with Crippen LogP contribution >= 0.6 is 35.1 Å². The molecule has 0 radical (unpaired) electrons. The van der Waals surface area contributed by atoms with E-state index in [0.29, 0.717) is 58.6 Å². The van der Waals surface area contributed by atoms with E-state index in [4.69, 9.17) is 0 Å². The van der Waals surface area contributed by atoms with Crippen LogP contribution in [-0.4, -0.2) is 68.8 Å². The van der Waals surface area contributed by atoms with Crippen molar-refractivity contribution in [3.8, 4) is 0 Å². The topological polar surface area (TPSA) is 73.8 Å². The molecule has 2 aromatic heterocycles. The van der Waals surface area contributed by atoms with Crippen molar-refractivity contribution in [2.75, 3.05) is 45.2 Å². The van der Waals surface area contributed by atoms with Gasteiger partial charge in [0.25, 0.3) is 10.0 Å². The summed E-state index contributed by atoms with van der Waals surface area (Å²) in [5, 5.41) is 2.29. The fourth-order valence-electron chi connectivity index (χ4n) is 3.70. The average Bonchev–Trinajstić information content (AvgIpc) is 3.44. The van der Waals surface area contributed by atoms with Gasteiger partial charge in [-0.2, -0.15) is 4.31 Å². The number of rotatable bonds is 7. The Bertz CT molecular complexity index is 1190. The van der Waals surface area contributed by atoms with Crippen molar-refractivity contribution < 1.29 is 17.6 Å². The first-order valence-corrected chi connectivity index (χ1v) is 13.4. The van der Waals surface area contributed by atoms with Crippen molar-refractivity contribution >= 4 is 66.4 Å². The van der Waals surface area contributed by atoms with Crippen LogP contribution in [0.25, 0.3) is 10.2 Å². The third-order valence-electron chi connectivity index (χ3n) is 5.50. The van der Waals surface area contributed by atoms with Crippen LogP contribution in [0.4, 0.5) is 9.52 Å². The number of thiophene rings is 1. The lowest BCUT2D eigenvalue weighted by Gasteiger charge is -2.33. The summed E-state index contributed by atoms with van der Waals surface area (Å²) in [6.45, 7) is 1.73. The Morgan fingerprint density at radius 2 is 1.94 bits per heavy atom. The molecule has 0 spiro atoms. The van der Waals surface area contributed by atoms with Gasteiger partial charge in [0.1, 0.15) is 10.0 Å². The third kappa shape index (κ3) is 5.72. The van der Waals surface area contributed by atoms with Gasteiger partial charge in [0, 0.05) is 32.1 Å². The molecule has 1 amide bonds. The quantitative estimate of drug-likeness (QED) is 0.461. The summed E-state index contributed by atoms with van der Waals surface area (Å²) in [5.74, 6) is -0.673. The summed E-state index contributed by atoms with van der Waals surface area (Å²) in [6, 6.07) is 7.74. The highest BCUT2D eigenvalue weighted by Crippen LogP contribution is 2.32. The molecular formula is C21H26ClFN4O3S3. The van der Waals surface area contributed by atoms with E-state index < -0.39 is 10.0 Å². The average molecular weight is 533 g/mol. The number of anilines is 1. The number of carbonyl (C=O) groups excluding carboxylic acids is 1. The molecule has 0 bridgehead atoms. The molecule has 180 valence electrons. The molecule has 0 saturated carbocycles. The van der Waals surface area contributed by atoms with Crippen molar-refractivity contribution in [1.82, 2.24) is 14.2 Å². The second-order valence-corrected chi connectivity index (χ2v) is 12.1. The van der Waals surface area contributed by atoms with E-state index >= 15 is 0 Å². The number of aromatic nitrogens is 1. The summed E-state index contributed by atoms with van der Waals surface area (Å²) < 4.78 is 41.7. The first-order valence-electron chi connectivity index (χ1n) is 10.3. The van der Waals surface area contributed by atoms with Crippen molar-refractivity contribution in [1.29, 1.82) is 0 Å². The van der Waals surface area contributed by atoms with E-state index in [-0.39, 0.29) is 30.0 Å². The van der Waals surface area contributed by atoms with Gasteiger partial charge < -0.3 is 4.90 Å². The predicted molar refractivity (Wildman–Crippen MR) is 134 cm³/mol. The Hall–Kier alpha value is -1.63. The SMILES string of the molecule is CN(C)CCN(C(=O)C1CCN(S(=O)(=O)c2cccs2)CC1)c1nc2ccc(F)cc2s1.Cl. The van der Waals surface area contributed by atoms with Gasteiger partial charge in [0.05, 0.1) is 10.2 Å². The van der Waals surface area contributed by atoms with Crippen LogP contribution in [-0.2, 0) is 14.8 Å². The van der Waals surface area contributed by atoms with Gasteiger partial charge >= 0.3 is 0 Å². The zero-order valence-electron chi connectivity index (χ0n) is 18.3. The molecule has 12 heteroatoms. The van der Waals surface area contributed by atoms with Crippen LogP contribution in [0.1, 0.15) is 12.8 Å². The predicted octanol–water partition coefficient (Wildman–Crippen LogP) is 3.91. The molecule has 1 aromatic carbocycles. The number of amides is 1. The monoisotopic (exact) mass is 532 g/mol. The summed E-state index contributed by atoms with van der Waals surface area (Å²) in [4.78, 5) is 21.7. The van der Waals surface area contributed by atoms with Gasteiger partial charge in [-0.25, -0.2) is 17.8 Å². The number of carbonyl (C=O) groups is 1. The molecule has 3 heterocycles. The molecule has 4 rings (SSSR count). The van der Waals surface area contributed by atoms with Gasteiger partial charge in [-0.1, -0.05) is 17.4 Å². The number of benzene rings is 1. The van der Waals surface area contributed by atoms with Crippen LogP contribution in [0.2, 0.25) is 0 Å². The lowest BCUT2D eigenvalue weighted by molar-refractivity contribution is -0.123. The van der Waals surface area contributed by atoms with Crippen LogP contribution in [0, 0.1) is 11.7 Å². The molecule has 0 atom stereocenters. The Kier molecular flexibility index (Phi) is 8.46. The summed E-state index contributed by atoms with van der Waals surface area (Å²) in [5.41, 5.74) is 0.658. The Morgan fingerprint density at radius 3 is 2.58 bits per heavy atom. The molecule has 1 fully saturated rings. The van der Waals surface area contributed by atoms with Crippen LogP contribution in [0.3, 0.4) is 0 Å². The van der Waals surface area contributed by atoms with Crippen molar-refractivity contribution in [2.24, 2.45) is 5.92 Å². The van der Waals surface area contributed by atoms with E-state index in [2.05, 4.69) is 4.98 Å². The molecule has 33 heavy (non-hydrogen) atoms. The summed E-state index contributed by atoms with van der Waals surface area (Å²) in [7, 11) is 0.361. The van der Waals surface area contributed by atoms with Gasteiger partial charge in [-0.05, 0) is 56.6 Å². The minimum absolute atomic E-state index is 0. The maximum Gasteiger partial charge on any atom is 0.252 e. The van der Waals surface area contributed by atoms with E-state index in [1.54, 1.807) is 28.5 Å². The Labute approximate surface area is 207 Å². The highest BCUT2D eigenvalue weighted by Gasteiger charge is 2.35. The second kappa shape index (κ2) is 10.7. The standard InChI is InChI=1S/C21H25FN4O3S3.ClH/c1-24(2)11-12-26(21-23-17-6-5-16(22)14-18(17)31-21)20(27)15-7-9-25(10-8-15)32(28,29)19-4-3-13-30-19;/h3-6,13-15H,7-12H2,1-2H3;1H. The first-order chi connectivity index (χ1) is 15.3. The number of likely N-dealkylation sites (N-methyl/N-ethyl adjacent to an activating group) is 1. The molecule has 1 aliphatic rings. The van der Waals surface area contributed by atoms with E-state index in [1.165, 1.54) is 39.1 Å². The lowest BCUT2D eigenvalue weighted by Crippen LogP contribution is -2.45. The highest BCUT2D eigenvalue weighted by atomic mass is 35.5. The van der Waals surface area contributed by atoms with Crippen LogP contribution < -0.4 is 4.90 Å². The fourth-order valence-corrected chi connectivity index (χ4v) is 7.34. The molecule has 1 aliphatic heterocycles. The molecule has 0 N–H and O–H groups in total. The molecular weight excluding hydrogens is 507 g/mol. The van der Waals surface area contributed by atoms with Crippen molar-refractivity contribution in [3.63, 3.8) is 0 Å². The number of sulfonamides is 1. The van der Waals surface area contributed by atoms with E-state index in [0.717, 1.165) is 0 Å². The number of hydrogen-bond acceptors (Lipinski definition) is 7. The van der Waals surface area contributed by atoms with Crippen molar-refractivity contribution in [2.45, 2.75) is 17.1 Å². The number of fused-ring (bicyclic) bond motifs is 1. The third-order valence-corrected chi connectivity index (χ3v) is 9.81. The van der Waals surface area contributed by atoms with Crippen LogP contribution in [0.5, 0.6) is 0 Å². The molecule has 0 unspecified atom stereocenters. The van der Waals surface area contributed by atoms with Gasteiger partial charge in [-0.3, -0.25) is 9.69 Å². The second-order valence-electron chi connectivity index (χ2n) is 8.01. The molecule has 1 saturated heterocycles. The number of halogens is 2. The zero-order chi connectivity index (χ0) is 22.9. The first kappa shape index (κ1) is 26.0. The fraction of sp³-hybridized carbons (Fsp3) is 0.429. The minimum atomic E-state index is -3.51. The maximum absolute atomic E-state index is 13.6. The minimum Gasteiger partial charge on any atom is -0.308 e. The molecule has 0 aliphatic carbocycles. The highest BCUT2D eigenvalue weighted by molar-refractivity contribution is 7.91. The maximum atomic E-state index is 13.6. The Balaban J connectivity index is 0.00000306. The largest absolute Gasteiger partial charge is 0.308 e. The van der Waals surface area contributed by atoms with Crippen LogP contribution in [0.15, 0.2) is 39.9 Å². The zero-order valence-corrected chi connectivity index (χ0v) is 21.6. The van der Waals surface area contributed by atoms with Crippen molar-refractivity contribution in [3.05, 3.63) is 41.5 Å².